The van der Waals surface area contributed by atoms with Gasteiger partial charge in [0.15, 0.2) is 15.6 Å². The minimum Gasteiger partial charge on any atom is -0.493 e. The van der Waals surface area contributed by atoms with Crippen LogP contribution in [0.1, 0.15) is 58.8 Å². The molecular formula is C18H22N2O4S. The summed E-state index contributed by atoms with van der Waals surface area (Å²) < 4.78 is 26.3. The molecule has 0 fully saturated rings. The number of nitrogens with zero attached hydrogens (tertiary/aromatic N) is 2. The van der Waals surface area contributed by atoms with Gasteiger partial charge < -0.3 is 5.11 Å². The molecule has 25 heavy (non-hydrogen) atoms. The average Bonchev–Trinajstić information content (AvgIpc) is 2.93. The monoisotopic (exact) mass is 362 g/mol. The maximum absolute atomic E-state index is 13.0. The number of fused-ring (bicyclic) bond motifs is 1. The fourth-order valence-corrected chi connectivity index (χ4v) is 5.76. The highest BCUT2D eigenvalue weighted by Crippen LogP contribution is 2.39. The Morgan fingerprint density at radius 1 is 1.36 bits per heavy atom. The minimum atomic E-state index is -3.32. The van der Waals surface area contributed by atoms with Gasteiger partial charge in [0, 0.05) is 12.1 Å². The molecule has 6 nitrogen and oxygen atoms in total. The molecule has 0 saturated heterocycles. The molecule has 0 radical (unpaired) electrons. The van der Waals surface area contributed by atoms with Gasteiger partial charge in [0.1, 0.15) is 5.56 Å². The van der Waals surface area contributed by atoms with Crippen molar-refractivity contribution >= 4 is 15.6 Å². The van der Waals surface area contributed by atoms with E-state index >= 15 is 0 Å². The lowest BCUT2D eigenvalue weighted by atomic mass is 9.87. The van der Waals surface area contributed by atoms with Crippen LogP contribution in [0.25, 0.3) is 0 Å². The smallest absolute Gasteiger partial charge is 0.220 e. The number of rotatable bonds is 3. The molecule has 0 spiro atoms. The van der Waals surface area contributed by atoms with Crippen molar-refractivity contribution in [3.63, 3.8) is 0 Å². The summed E-state index contributed by atoms with van der Waals surface area (Å²) in [6.07, 6.45) is 1.90. The molecule has 0 amide bonds. The summed E-state index contributed by atoms with van der Waals surface area (Å²) in [4.78, 5) is 13.3. The number of hydrogen-bond acceptors (Lipinski definition) is 5. The van der Waals surface area contributed by atoms with E-state index in [1.165, 1.54) is 10.9 Å². The van der Waals surface area contributed by atoms with Gasteiger partial charge in [0.05, 0.1) is 16.8 Å². The van der Waals surface area contributed by atoms with E-state index in [-0.39, 0.29) is 28.9 Å². The van der Waals surface area contributed by atoms with Gasteiger partial charge in [-0.3, -0.25) is 4.79 Å². The van der Waals surface area contributed by atoms with Crippen molar-refractivity contribution in [1.82, 2.24) is 9.78 Å². The lowest BCUT2D eigenvalue weighted by molar-refractivity contribution is 0.103. The minimum absolute atomic E-state index is 0.0666. The third-order valence-corrected chi connectivity index (χ3v) is 6.93. The molecule has 0 bridgehead atoms. The summed E-state index contributed by atoms with van der Waals surface area (Å²) >= 11 is 0. The Balaban J connectivity index is 2.22. The van der Waals surface area contributed by atoms with Crippen LogP contribution in [-0.2, 0) is 16.4 Å². The second-order valence-corrected chi connectivity index (χ2v) is 8.69. The van der Waals surface area contributed by atoms with E-state index in [9.17, 15) is 18.3 Å². The molecule has 1 aliphatic heterocycles. The third kappa shape index (κ3) is 2.66. The van der Waals surface area contributed by atoms with Crippen LogP contribution in [0.15, 0.2) is 17.2 Å². The summed E-state index contributed by atoms with van der Waals surface area (Å²) in [6, 6.07) is 1.62. The molecule has 7 heteroatoms. The van der Waals surface area contributed by atoms with Gasteiger partial charge in [0.25, 0.3) is 0 Å². The molecule has 1 aromatic carbocycles. The molecule has 2 heterocycles. The molecule has 1 aliphatic rings. The predicted octanol–water partition coefficient (Wildman–Crippen LogP) is 2.74. The van der Waals surface area contributed by atoms with E-state index in [1.807, 2.05) is 13.8 Å². The molecule has 134 valence electrons. The van der Waals surface area contributed by atoms with Crippen molar-refractivity contribution in [2.45, 2.75) is 51.5 Å². The highest BCUT2D eigenvalue weighted by atomic mass is 32.2. The number of sulfone groups is 1. The summed E-state index contributed by atoms with van der Waals surface area (Å²) in [5.41, 5.74) is 2.54. The molecule has 0 aliphatic carbocycles. The summed E-state index contributed by atoms with van der Waals surface area (Å²) in [7, 11) is -3.32. The topological polar surface area (TPSA) is 89.3 Å². The molecule has 1 aromatic heterocycles. The van der Waals surface area contributed by atoms with Crippen molar-refractivity contribution in [3.8, 4) is 5.88 Å². The van der Waals surface area contributed by atoms with Crippen LogP contribution in [-0.4, -0.2) is 34.8 Å². The SMILES string of the molecule is CCn1ncc(C(=O)c2cc(C)c3c(c2C)C(C)CCS3(=O)=O)c1O. The van der Waals surface area contributed by atoms with Gasteiger partial charge in [-0.05, 0) is 55.9 Å². The first-order valence-electron chi connectivity index (χ1n) is 8.35. The van der Waals surface area contributed by atoms with Crippen LogP contribution in [0.3, 0.4) is 0 Å². The van der Waals surface area contributed by atoms with Gasteiger partial charge in [-0.25, -0.2) is 13.1 Å². The van der Waals surface area contributed by atoms with Crippen LogP contribution in [0.4, 0.5) is 0 Å². The summed E-state index contributed by atoms with van der Waals surface area (Å²) in [5, 5.41) is 14.2. The Kier molecular flexibility index (Phi) is 4.23. The summed E-state index contributed by atoms with van der Waals surface area (Å²) in [6.45, 7) is 7.77. The molecule has 0 saturated carbocycles. The summed E-state index contributed by atoms with van der Waals surface area (Å²) in [5.74, 6) is -0.297. The largest absolute Gasteiger partial charge is 0.493 e. The highest BCUT2D eigenvalue weighted by molar-refractivity contribution is 7.91. The van der Waals surface area contributed by atoms with Crippen LogP contribution >= 0.6 is 0 Å². The standard InChI is InChI=1S/C18H22N2O4S/c1-5-20-18(22)14(9-19-20)16(21)13-8-11(3)17-15(12(13)4)10(2)6-7-25(17,23)24/h8-10,22H,5-7H2,1-4H3. The van der Waals surface area contributed by atoms with Crippen molar-refractivity contribution in [2.24, 2.45) is 0 Å². The number of aryl methyl sites for hydroxylation is 2. The number of aromatic hydroxyl groups is 1. The number of benzene rings is 1. The molecule has 1 atom stereocenters. The van der Waals surface area contributed by atoms with Crippen molar-refractivity contribution < 1.29 is 18.3 Å². The van der Waals surface area contributed by atoms with Crippen molar-refractivity contribution in [1.29, 1.82) is 0 Å². The zero-order valence-corrected chi connectivity index (χ0v) is 15.6. The molecule has 3 rings (SSSR count). The molecular weight excluding hydrogens is 340 g/mol. The zero-order chi connectivity index (χ0) is 18.5. The van der Waals surface area contributed by atoms with E-state index in [1.54, 1.807) is 19.9 Å². The average molecular weight is 362 g/mol. The fourth-order valence-electron chi connectivity index (χ4n) is 3.65. The van der Waals surface area contributed by atoms with Gasteiger partial charge >= 0.3 is 0 Å². The van der Waals surface area contributed by atoms with Crippen LogP contribution in [0, 0.1) is 13.8 Å². The molecule has 2 aromatic rings. The van der Waals surface area contributed by atoms with E-state index in [0.29, 0.717) is 34.6 Å². The second-order valence-electron chi connectivity index (χ2n) is 6.64. The number of carbonyl (C=O) groups is 1. The Morgan fingerprint density at radius 2 is 2.04 bits per heavy atom. The molecule has 1 unspecified atom stereocenters. The first-order valence-corrected chi connectivity index (χ1v) is 10.0. The maximum Gasteiger partial charge on any atom is 0.220 e. The Hall–Kier alpha value is -2.15. The van der Waals surface area contributed by atoms with E-state index in [0.717, 1.165) is 5.56 Å². The maximum atomic E-state index is 13.0. The van der Waals surface area contributed by atoms with E-state index in [2.05, 4.69) is 5.10 Å². The number of carbonyl (C=O) groups excluding carboxylic acids is 1. The van der Waals surface area contributed by atoms with Crippen LogP contribution in [0.2, 0.25) is 0 Å². The quantitative estimate of drug-likeness (QED) is 0.848. The number of hydrogen-bond donors (Lipinski definition) is 1. The predicted molar refractivity (Wildman–Crippen MR) is 94.0 cm³/mol. The van der Waals surface area contributed by atoms with Gasteiger partial charge in [0.2, 0.25) is 5.88 Å². The number of ketones is 1. The zero-order valence-electron chi connectivity index (χ0n) is 14.8. The second kappa shape index (κ2) is 5.98. The van der Waals surface area contributed by atoms with Crippen LogP contribution < -0.4 is 0 Å². The Labute approximate surface area is 147 Å². The first kappa shape index (κ1) is 17.7. The van der Waals surface area contributed by atoms with Crippen molar-refractivity contribution in [3.05, 3.63) is 40.1 Å². The Morgan fingerprint density at radius 3 is 2.64 bits per heavy atom. The lowest BCUT2D eigenvalue weighted by Crippen LogP contribution is -2.22. The first-order chi connectivity index (χ1) is 11.7. The molecule has 1 N–H and O–H groups in total. The van der Waals surface area contributed by atoms with E-state index in [4.69, 9.17) is 0 Å². The lowest BCUT2D eigenvalue weighted by Gasteiger charge is -2.27. The third-order valence-electron chi connectivity index (χ3n) is 5.00. The fraction of sp³-hybridized carbons (Fsp3) is 0.444. The van der Waals surface area contributed by atoms with Gasteiger partial charge in [-0.15, -0.1) is 0 Å². The van der Waals surface area contributed by atoms with Gasteiger partial charge in [-0.2, -0.15) is 5.10 Å². The van der Waals surface area contributed by atoms with Crippen LogP contribution in [0.5, 0.6) is 5.88 Å². The highest BCUT2D eigenvalue weighted by Gasteiger charge is 2.33. The normalized spacial score (nSPS) is 18.8. The Bertz CT molecular complexity index is 973. The van der Waals surface area contributed by atoms with E-state index < -0.39 is 9.84 Å². The van der Waals surface area contributed by atoms with Gasteiger partial charge in [-0.1, -0.05) is 6.92 Å². The van der Waals surface area contributed by atoms with Crippen molar-refractivity contribution in [2.75, 3.05) is 5.75 Å². The number of aromatic nitrogens is 2.